The zero-order valence-electron chi connectivity index (χ0n) is 9.40. The van der Waals surface area contributed by atoms with Gasteiger partial charge in [-0.25, -0.2) is 4.39 Å². The van der Waals surface area contributed by atoms with Crippen LogP contribution in [-0.2, 0) is 4.79 Å². The molecular formula is C12H16FNO2. The predicted octanol–water partition coefficient (Wildman–Crippen LogP) is 2.20. The Morgan fingerprint density at radius 2 is 2.25 bits per heavy atom. The molecule has 0 aliphatic heterocycles. The van der Waals surface area contributed by atoms with Gasteiger partial charge >= 0.3 is 5.97 Å². The summed E-state index contributed by atoms with van der Waals surface area (Å²) in [5, 5.41) is 11.7. The molecule has 0 fully saturated rings. The lowest BCUT2D eigenvalue weighted by atomic mass is 9.92. The van der Waals surface area contributed by atoms with Gasteiger partial charge in [-0.05, 0) is 30.7 Å². The standard InChI is InChI=1S/C12H16FNO2/c1-8(6-11(15)16)12(14-2)9-4-3-5-10(13)7-9/h3-5,7-8,12,14H,6H2,1-2H3,(H,15,16). The van der Waals surface area contributed by atoms with Crippen LogP contribution in [0.2, 0.25) is 0 Å². The summed E-state index contributed by atoms with van der Waals surface area (Å²) in [5.41, 5.74) is 0.774. The van der Waals surface area contributed by atoms with Crippen LogP contribution in [0.3, 0.4) is 0 Å². The molecule has 0 aromatic heterocycles. The number of halogens is 1. The van der Waals surface area contributed by atoms with Gasteiger partial charge in [0.1, 0.15) is 5.82 Å². The van der Waals surface area contributed by atoms with Gasteiger partial charge in [0.2, 0.25) is 0 Å². The van der Waals surface area contributed by atoms with E-state index in [0.29, 0.717) is 0 Å². The predicted molar refractivity (Wildman–Crippen MR) is 59.6 cm³/mol. The molecule has 0 radical (unpaired) electrons. The summed E-state index contributed by atoms with van der Waals surface area (Å²) in [4.78, 5) is 10.6. The molecule has 1 aromatic carbocycles. The number of hydrogen-bond donors (Lipinski definition) is 2. The Hall–Kier alpha value is -1.42. The molecule has 0 aliphatic rings. The Kier molecular flexibility index (Phi) is 4.43. The van der Waals surface area contributed by atoms with Crippen molar-refractivity contribution in [3.05, 3.63) is 35.6 Å². The summed E-state index contributed by atoms with van der Waals surface area (Å²) in [6.07, 6.45) is 0.0576. The average Bonchev–Trinajstić information content (AvgIpc) is 2.17. The molecule has 2 unspecified atom stereocenters. The molecular weight excluding hydrogens is 209 g/mol. The number of carboxylic acid groups (broad SMARTS) is 1. The van der Waals surface area contributed by atoms with Crippen LogP contribution in [0.1, 0.15) is 24.9 Å². The number of benzene rings is 1. The SMILES string of the molecule is CNC(c1cccc(F)c1)C(C)CC(=O)O. The maximum Gasteiger partial charge on any atom is 0.303 e. The van der Waals surface area contributed by atoms with E-state index in [2.05, 4.69) is 5.32 Å². The fourth-order valence-corrected chi connectivity index (χ4v) is 1.87. The van der Waals surface area contributed by atoms with Crippen LogP contribution in [-0.4, -0.2) is 18.1 Å². The monoisotopic (exact) mass is 225 g/mol. The zero-order valence-corrected chi connectivity index (χ0v) is 9.40. The molecule has 0 spiro atoms. The van der Waals surface area contributed by atoms with Crippen molar-refractivity contribution in [3.63, 3.8) is 0 Å². The number of aliphatic carboxylic acids is 1. The highest BCUT2D eigenvalue weighted by Crippen LogP contribution is 2.24. The van der Waals surface area contributed by atoms with Gasteiger partial charge in [0.05, 0.1) is 0 Å². The van der Waals surface area contributed by atoms with Gasteiger partial charge in [-0.2, -0.15) is 0 Å². The zero-order chi connectivity index (χ0) is 12.1. The summed E-state index contributed by atoms with van der Waals surface area (Å²) in [6, 6.07) is 6.08. The largest absolute Gasteiger partial charge is 0.481 e. The van der Waals surface area contributed by atoms with Crippen molar-refractivity contribution in [2.45, 2.75) is 19.4 Å². The smallest absolute Gasteiger partial charge is 0.303 e. The summed E-state index contributed by atoms with van der Waals surface area (Å²) < 4.78 is 13.0. The topological polar surface area (TPSA) is 49.3 Å². The van der Waals surface area contributed by atoms with Gasteiger partial charge in [0.15, 0.2) is 0 Å². The Morgan fingerprint density at radius 3 is 2.75 bits per heavy atom. The van der Waals surface area contributed by atoms with Crippen molar-refractivity contribution in [1.82, 2.24) is 5.32 Å². The molecule has 1 aromatic rings. The Labute approximate surface area is 94.3 Å². The second-order valence-electron chi connectivity index (χ2n) is 3.90. The van der Waals surface area contributed by atoms with Gasteiger partial charge in [-0.1, -0.05) is 19.1 Å². The summed E-state index contributed by atoms with van der Waals surface area (Å²) >= 11 is 0. The molecule has 88 valence electrons. The van der Waals surface area contributed by atoms with E-state index in [4.69, 9.17) is 5.11 Å². The molecule has 0 heterocycles. The molecule has 1 rings (SSSR count). The third kappa shape index (κ3) is 3.31. The van der Waals surface area contributed by atoms with E-state index in [9.17, 15) is 9.18 Å². The number of nitrogens with one attached hydrogen (secondary N) is 1. The van der Waals surface area contributed by atoms with E-state index >= 15 is 0 Å². The summed E-state index contributed by atoms with van der Waals surface area (Å²) in [6.45, 7) is 1.83. The number of rotatable bonds is 5. The minimum Gasteiger partial charge on any atom is -0.481 e. The van der Waals surface area contributed by atoms with E-state index in [1.807, 2.05) is 6.92 Å². The van der Waals surface area contributed by atoms with E-state index < -0.39 is 5.97 Å². The summed E-state index contributed by atoms with van der Waals surface area (Å²) in [5.74, 6) is -1.24. The minimum absolute atomic E-state index is 0.0576. The van der Waals surface area contributed by atoms with Crippen molar-refractivity contribution >= 4 is 5.97 Å². The van der Waals surface area contributed by atoms with Crippen molar-refractivity contribution in [2.75, 3.05) is 7.05 Å². The van der Waals surface area contributed by atoms with Crippen LogP contribution in [0, 0.1) is 11.7 Å². The van der Waals surface area contributed by atoms with Crippen molar-refractivity contribution in [1.29, 1.82) is 0 Å². The normalized spacial score (nSPS) is 14.4. The maximum atomic E-state index is 13.0. The molecule has 3 nitrogen and oxygen atoms in total. The Morgan fingerprint density at radius 1 is 1.56 bits per heavy atom. The fourth-order valence-electron chi connectivity index (χ4n) is 1.87. The van der Waals surface area contributed by atoms with Gasteiger partial charge in [-0.15, -0.1) is 0 Å². The molecule has 0 amide bonds. The highest BCUT2D eigenvalue weighted by atomic mass is 19.1. The lowest BCUT2D eigenvalue weighted by Gasteiger charge is -2.22. The van der Waals surface area contributed by atoms with Crippen LogP contribution in [0.15, 0.2) is 24.3 Å². The molecule has 0 saturated carbocycles. The number of carboxylic acids is 1. The first-order chi connectivity index (χ1) is 7.54. The third-order valence-electron chi connectivity index (χ3n) is 2.58. The van der Waals surface area contributed by atoms with Crippen molar-refractivity contribution in [2.24, 2.45) is 5.92 Å². The van der Waals surface area contributed by atoms with E-state index in [1.54, 1.807) is 19.2 Å². The molecule has 0 bridgehead atoms. The minimum atomic E-state index is -0.843. The van der Waals surface area contributed by atoms with Gasteiger partial charge in [0, 0.05) is 12.5 Å². The molecule has 4 heteroatoms. The second kappa shape index (κ2) is 5.61. The number of hydrogen-bond acceptors (Lipinski definition) is 2. The quantitative estimate of drug-likeness (QED) is 0.807. The molecule has 0 aliphatic carbocycles. The number of carbonyl (C=O) groups is 1. The average molecular weight is 225 g/mol. The van der Waals surface area contributed by atoms with Crippen LogP contribution in [0.25, 0.3) is 0 Å². The molecule has 16 heavy (non-hydrogen) atoms. The second-order valence-corrected chi connectivity index (χ2v) is 3.90. The van der Waals surface area contributed by atoms with E-state index in [1.165, 1.54) is 12.1 Å². The highest BCUT2D eigenvalue weighted by molar-refractivity contribution is 5.67. The first-order valence-corrected chi connectivity index (χ1v) is 5.19. The van der Waals surface area contributed by atoms with E-state index in [0.717, 1.165) is 5.56 Å². The lowest BCUT2D eigenvalue weighted by Crippen LogP contribution is -2.25. The fraction of sp³-hybridized carbons (Fsp3) is 0.417. The first kappa shape index (κ1) is 12.6. The Bertz CT molecular complexity index is 368. The van der Waals surface area contributed by atoms with Crippen molar-refractivity contribution < 1.29 is 14.3 Å². The molecule has 2 N–H and O–H groups in total. The van der Waals surface area contributed by atoms with Crippen LogP contribution < -0.4 is 5.32 Å². The van der Waals surface area contributed by atoms with Crippen molar-refractivity contribution in [3.8, 4) is 0 Å². The van der Waals surface area contributed by atoms with E-state index in [-0.39, 0.29) is 24.2 Å². The van der Waals surface area contributed by atoms with Crippen LogP contribution in [0.4, 0.5) is 4.39 Å². The third-order valence-corrected chi connectivity index (χ3v) is 2.58. The highest BCUT2D eigenvalue weighted by Gasteiger charge is 2.20. The first-order valence-electron chi connectivity index (χ1n) is 5.19. The summed E-state index contributed by atoms with van der Waals surface area (Å²) in [7, 11) is 1.74. The molecule has 0 saturated heterocycles. The maximum absolute atomic E-state index is 13.0. The van der Waals surface area contributed by atoms with Gasteiger partial charge in [-0.3, -0.25) is 4.79 Å². The lowest BCUT2D eigenvalue weighted by molar-refractivity contribution is -0.138. The van der Waals surface area contributed by atoms with Gasteiger partial charge in [0.25, 0.3) is 0 Å². The Balaban J connectivity index is 2.85. The van der Waals surface area contributed by atoms with Gasteiger partial charge < -0.3 is 10.4 Å². The molecule has 2 atom stereocenters. The van der Waals surface area contributed by atoms with Crippen LogP contribution >= 0.6 is 0 Å². The van der Waals surface area contributed by atoms with Crippen LogP contribution in [0.5, 0.6) is 0 Å².